The van der Waals surface area contributed by atoms with Crippen LogP contribution in [0.25, 0.3) is 5.52 Å². The number of fused-ring (bicyclic) bond motifs is 1. The normalized spacial score (nSPS) is 9.81. The van der Waals surface area contributed by atoms with Gasteiger partial charge in [-0.1, -0.05) is 20.8 Å². The van der Waals surface area contributed by atoms with E-state index in [1.165, 1.54) is 0 Å². The molecule has 2 heterocycles. The van der Waals surface area contributed by atoms with E-state index in [1.54, 1.807) is 6.20 Å². The van der Waals surface area contributed by atoms with Crippen LogP contribution in [0.2, 0.25) is 0 Å². The number of anilines is 1. The van der Waals surface area contributed by atoms with Gasteiger partial charge in [0, 0.05) is 25.9 Å². The van der Waals surface area contributed by atoms with E-state index >= 15 is 0 Å². The average Bonchev–Trinajstić information content (AvgIpc) is 2.69. The van der Waals surface area contributed by atoms with Gasteiger partial charge in [-0.15, -0.1) is 0 Å². The SMILES string of the molecule is CC.CCc1nc(C)c2c(NC)nccn12. The third kappa shape index (κ3) is 2.01. The van der Waals surface area contributed by atoms with Gasteiger partial charge < -0.3 is 5.32 Å². The molecule has 0 unspecified atom stereocenters. The summed E-state index contributed by atoms with van der Waals surface area (Å²) in [4.78, 5) is 8.76. The number of aryl methyl sites for hydroxylation is 2. The first-order valence-electron chi connectivity index (χ1n) is 5.78. The van der Waals surface area contributed by atoms with Gasteiger partial charge in [0.05, 0.1) is 5.69 Å². The van der Waals surface area contributed by atoms with E-state index < -0.39 is 0 Å². The molecule has 4 heteroatoms. The Hall–Kier alpha value is -1.58. The molecule has 0 aliphatic heterocycles. The molecule has 2 rings (SSSR count). The third-order valence-corrected chi connectivity index (χ3v) is 2.36. The summed E-state index contributed by atoms with van der Waals surface area (Å²) in [7, 11) is 1.88. The summed E-state index contributed by atoms with van der Waals surface area (Å²) in [6.07, 6.45) is 4.68. The van der Waals surface area contributed by atoms with Crippen molar-refractivity contribution in [3.63, 3.8) is 0 Å². The van der Waals surface area contributed by atoms with Crippen LogP contribution in [0.5, 0.6) is 0 Å². The second-order valence-corrected chi connectivity index (χ2v) is 3.21. The molecule has 0 saturated carbocycles. The Morgan fingerprint density at radius 1 is 1.38 bits per heavy atom. The average molecular weight is 220 g/mol. The smallest absolute Gasteiger partial charge is 0.152 e. The highest BCUT2D eigenvalue weighted by Crippen LogP contribution is 2.19. The van der Waals surface area contributed by atoms with Crippen LogP contribution < -0.4 is 5.32 Å². The number of hydrogen-bond donors (Lipinski definition) is 1. The van der Waals surface area contributed by atoms with Crippen molar-refractivity contribution in [2.45, 2.75) is 34.1 Å². The lowest BCUT2D eigenvalue weighted by Gasteiger charge is -2.03. The maximum Gasteiger partial charge on any atom is 0.152 e. The lowest BCUT2D eigenvalue weighted by molar-refractivity contribution is 0.924. The van der Waals surface area contributed by atoms with Gasteiger partial charge in [0.15, 0.2) is 5.82 Å². The first-order valence-corrected chi connectivity index (χ1v) is 5.78. The molecule has 0 aromatic carbocycles. The first-order chi connectivity index (χ1) is 7.77. The number of aromatic nitrogens is 3. The Morgan fingerprint density at radius 2 is 2.06 bits per heavy atom. The van der Waals surface area contributed by atoms with Gasteiger partial charge >= 0.3 is 0 Å². The minimum atomic E-state index is 0.886. The lowest BCUT2D eigenvalue weighted by Crippen LogP contribution is -1.98. The van der Waals surface area contributed by atoms with Gasteiger partial charge in [0.1, 0.15) is 11.3 Å². The van der Waals surface area contributed by atoms with Crippen molar-refractivity contribution in [2.24, 2.45) is 0 Å². The lowest BCUT2D eigenvalue weighted by atomic mass is 10.4. The summed E-state index contributed by atoms with van der Waals surface area (Å²) in [5.41, 5.74) is 2.10. The van der Waals surface area contributed by atoms with Crippen LogP contribution in [0, 0.1) is 6.92 Å². The standard InChI is InChI=1S/C10H14N4.C2H6/c1-4-8-13-7(2)9-10(11-3)12-5-6-14(8)9;1-2/h5-6H,4H2,1-3H3,(H,11,12);1-2H3. The Kier molecular flexibility index (Phi) is 4.28. The van der Waals surface area contributed by atoms with Gasteiger partial charge in [-0.05, 0) is 6.92 Å². The van der Waals surface area contributed by atoms with Crippen molar-refractivity contribution in [2.75, 3.05) is 12.4 Å². The Bertz CT molecular complexity index is 459. The Labute approximate surface area is 96.7 Å². The van der Waals surface area contributed by atoms with Crippen molar-refractivity contribution in [1.82, 2.24) is 14.4 Å². The van der Waals surface area contributed by atoms with Crippen LogP contribution in [0.1, 0.15) is 32.3 Å². The van der Waals surface area contributed by atoms with E-state index in [2.05, 4.69) is 26.6 Å². The minimum Gasteiger partial charge on any atom is -0.371 e. The second-order valence-electron chi connectivity index (χ2n) is 3.21. The number of nitrogens with zero attached hydrogens (tertiary/aromatic N) is 3. The largest absolute Gasteiger partial charge is 0.371 e. The zero-order valence-corrected chi connectivity index (χ0v) is 10.7. The highest BCUT2D eigenvalue weighted by molar-refractivity contribution is 5.70. The molecular formula is C12H20N4. The summed E-state index contributed by atoms with van der Waals surface area (Å²) < 4.78 is 2.09. The minimum absolute atomic E-state index is 0.886. The molecule has 1 N–H and O–H groups in total. The topological polar surface area (TPSA) is 42.2 Å². The summed E-state index contributed by atoms with van der Waals surface area (Å²) in [5, 5.41) is 3.08. The van der Waals surface area contributed by atoms with Gasteiger partial charge in [-0.3, -0.25) is 4.40 Å². The number of imidazole rings is 1. The van der Waals surface area contributed by atoms with Crippen LogP contribution in [-0.2, 0) is 6.42 Å². The number of nitrogens with one attached hydrogen (secondary N) is 1. The van der Waals surface area contributed by atoms with Crippen molar-refractivity contribution in [3.05, 3.63) is 23.9 Å². The molecule has 0 fully saturated rings. The molecule has 0 bridgehead atoms. The molecule has 0 aliphatic rings. The zero-order chi connectivity index (χ0) is 12.1. The summed E-state index contributed by atoms with van der Waals surface area (Å²) in [6.45, 7) is 8.12. The van der Waals surface area contributed by atoms with Gasteiger partial charge in [0.2, 0.25) is 0 Å². The van der Waals surface area contributed by atoms with E-state index in [9.17, 15) is 0 Å². The first kappa shape index (κ1) is 12.5. The molecule has 0 saturated heterocycles. The fraction of sp³-hybridized carbons (Fsp3) is 0.500. The van der Waals surface area contributed by atoms with Crippen molar-refractivity contribution in [1.29, 1.82) is 0 Å². The van der Waals surface area contributed by atoms with E-state index in [4.69, 9.17) is 0 Å². The molecule has 0 aliphatic carbocycles. The molecule has 2 aromatic heterocycles. The van der Waals surface area contributed by atoms with Crippen LogP contribution in [0.4, 0.5) is 5.82 Å². The van der Waals surface area contributed by atoms with Crippen molar-refractivity contribution >= 4 is 11.3 Å². The maximum absolute atomic E-state index is 4.50. The van der Waals surface area contributed by atoms with Gasteiger partial charge in [-0.2, -0.15) is 0 Å². The van der Waals surface area contributed by atoms with Gasteiger partial charge in [-0.25, -0.2) is 9.97 Å². The highest BCUT2D eigenvalue weighted by Gasteiger charge is 2.09. The molecule has 88 valence electrons. The number of hydrogen-bond acceptors (Lipinski definition) is 3. The van der Waals surface area contributed by atoms with Crippen LogP contribution in [-0.4, -0.2) is 21.4 Å². The predicted molar refractivity (Wildman–Crippen MR) is 68.0 cm³/mol. The Balaban J connectivity index is 0.000000606. The Morgan fingerprint density at radius 3 is 2.62 bits per heavy atom. The van der Waals surface area contributed by atoms with E-state index in [0.717, 1.165) is 29.3 Å². The molecule has 4 nitrogen and oxygen atoms in total. The molecule has 0 amide bonds. The molecule has 0 radical (unpaired) electrons. The van der Waals surface area contributed by atoms with Crippen LogP contribution in [0.15, 0.2) is 12.4 Å². The molecule has 2 aromatic rings. The summed E-state index contributed by atoms with van der Waals surface area (Å²) in [5.74, 6) is 1.97. The monoisotopic (exact) mass is 220 g/mol. The van der Waals surface area contributed by atoms with Crippen molar-refractivity contribution in [3.8, 4) is 0 Å². The molecule has 0 atom stereocenters. The van der Waals surface area contributed by atoms with Crippen molar-refractivity contribution < 1.29 is 0 Å². The summed E-state index contributed by atoms with van der Waals surface area (Å²) in [6, 6.07) is 0. The zero-order valence-electron chi connectivity index (χ0n) is 10.7. The van der Waals surface area contributed by atoms with E-state index in [1.807, 2.05) is 34.0 Å². The fourth-order valence-electron chi connectivity index (χ4n) is 1.72. The molecule has 0 spiro atoms. The van der Waals surface area contributed by atoms with E-state index in [0.29, 0.717) is 0 Å². The number of rotatable bonds is 2. The van der Waals surface area contributed by atoms with Crippen LogP contribution >= 0.6 is 0 Å². The third-order valence-electron chi connectivity index (χ3n) is 2.36. The maximum atomic E-state index is 4.50. The second kappa shape index (κ2) is 5.49. The summed E-state index contributed by atoms with van der Waals surface area (Å²) >= 11 is 0. The predicted octanol–water partition coefficient (Wildman–Crippen LogP) is 2.67. The molecule has 16 heavy (non-hydrogen) atoms. The molecular weight excluding hydrogens is 200 g/mol. The van der Waals surface area contributed by atoms with E-state index in [-0.39, 0.29) is 0 Å². The van der Waals surface area contributed by atoms with Crippen LogP contribution in [0.3, 0.4) is 0 Å². The highest BCUT2D eigenvalue weighted by atomic mass is 15.1. The van der Waals surface area contributed by atoms with Gasteiger partial charge in [0.25, 0.3) is 0 Å². The fourth-order valence-corrected chi connectivity index (χ4v) is 1.72. The quantitative estimate of drug-likeness (QED) is 0.846.